The highest BCUT2D eigenvalue weighted by Gasteiger charge is 2.23. The maximum Gasteiger partial charge on any atom is 0.353 e. The largest absolute Gasteiger partial charge is 0.497 e. The molecule has 1 heterocycles. The van der Waals surface area contributed by atoms with E-state index < -0.39 is 4.92 Å². The topological polar surface area (TPSA) is 127 Å². The fourth-order valence-corrected chi connectivity index (χ4v) is 3.06. The molecule has 0 radical (unpaired) electrons. The van der Waals surface area contributed by atoms with Crippen molar-refractivity contribution in [3.63, 3.8) is 0 Å². The quantitative estimate of drug-likeness (QED) is 0.176. The molecule has 0 spiro atoms. The van der Waals surface area contributed by atoms with Gasteiger partial charge in [0.05, 0.1) is 23.4 Å². The Labute approximate surface area is 195 Å². The molecular formula is C24H21N7O3. The Morgan fingerprint density at radius 3 is 2.18 bits per heavy atom. The van der Waals surface area contributed by atoms with Crippen molar-refractivity contribution in [1.82, 2.24) is 9.97 Å². The summed E-state index contributed by atoms with van der Waals surface area (Å²) in [5.41, 5.74) is 2.68. The number of nitro groups is 1. The molecule has 0 aliphatic rings. The zero-order valence-electron chi connectivity index (χ0n) is 18.3. The van der Waals surface area contributed by atoms with E-state index >= 15 is 0 Å². The molecule has 2 N–H and O–H groups in total. The summed E-state index contributed by atoms with van der Waals surface area (Å²) in [6, 6.07) is 23.8. The molecule has 4 aromatic rings. The highest BCUT2D eigenvalue weighted by Crippen LogP contribution is 2.32. The van der Waals surface area contributed by atoms with E-state index in [0.29, 0.717) is 17.9 Å². The summed E-state index contributed by atoms with van der Waals surface area (Å²) >= 11 is 0. The van der Waals surface area contributed by atoms with E-state index in [2.05, 4.69) is 30.8 Å². The van der Waals surface area contributed by atoms with Gasteiger partial charge in [-0.05, 0) is 54.1 Å². The van der Waals surface area contributed by atoms with E-state index in [1.165, 1.54) is 6.33 Å². The van der Waals surface area contributed by atoms with Gasteiger partial charge in [-0.25, -0.2) is 9.97 Å². The zero-order valence-corrected chi connectivity index (χ0v) is 18.3. The Morgan fingerprint density at radius 1 is 0.882 bits per heavy atom. The summed E-state index contributed by atoms with van der Waals surface area (Å²) in [6.45, 7) is 0.350. The van der Waals surface area contributed by atoms with Crippen LogP contribution in [0.2, 0.25) is 0 Å². The second kappa shape index (κ2) is 10.6. The van der Waals surface area contributed by atoms with Crippen molar-refractivity contribution in [2.24, 2.45) is 10.2 Å². The Balaban J connectivity index is 1.48. The van der Waals surface area contributed by atoms with Crippen LogP contribution >= 0.6 is 0 Å². The average molecular weight is 455 g/mol. The summed E-state index contributed by atoms with van der Waals surface area (Å²) < 4.78 is 5.15. The summed E-state index contributed by atoms with van der Waals surface area (Å²) in [6.07, 6.45) is 1.27. The van der Waals surface area contributed by atoms with Crippen LogP contribution in [-0.4, -0.2) is 22.0 Å². The number of hydrogen-bond acceptors (Lipinski definition) is 9. The molecule has 170 valence electrons. The van der Waals surface area contributed by atoms with Gasteiger partial charge in [0, 0.05) is 12.2 Å². The Kier molecular flexibility index (Phi) is 6.99. The first-order chi connectivity index (χ1) is 16.6. The van der Waals surface area contributed by atoms with Crippen LogP contribution in [-0.2, 0) is 6.54 Å². The monoisotopic (exact) mass is 455 g/mol. The molecule has 0 unspecified atom stereocenters. The van der Waals surface area contributed by atoms with Gasteiger partial charge in [0.1, 0.15) is 12.1 Å². The fraction of sp³-hybridized carbons (Fsp3) is 0.0833. The number of rotatable bonds is 9. The lowest BCUT2D eigenvalue weighted by Gasteiger charge is -2.10. The lowest BCUT2D eigenvalue weighted by molar-refractivity contribution is -0.383. The lowest BCUT2D eigenvalue weighted by atomic mass is 10.2. The number of ether oxygens (including phenoxy) is 1. The molecule has 0 amide bonds. The minimum absolute atomic E-state index is 0.0795. The smallest absolute Gasteiger partial charge is 0.353 e. The molecule has 0 bridgehead atoms. The Hall–Kier alpha value is -4.86. The van der Waals surface area contributed by atoms with E-state index in [0.717, 1.165) is 17.0 Å². The van der Waals surface area contributed by atoms with Gasteiger partial charge >= 0.3 is 5.69 Å². The number of nitrogens with one attached hydrogen (secondary N) is 2. The van der Waals surface area contributed by atoms with Crippen LogP contribution in [0.3, 0.4) is 0 Å². The van der Waals surface area contributed by atoms with E-state index in [9.17, 15) is 10.1 Å². The molecule has 0 aliphatic carbocycles. The molecular weight excluding hydrogens is 434 g/mol. The second-order valence-corrected chi connectivity index (χ2v) is 7.09. The van der Waals surface area contributed by atoms with Gasteiger partial charge in [-0.1, -0.05) is 30.3 Å². The van der Waals surface area contributed by atoms with E-state index in [1.807, 2.05) is 54.6 Å². The maximum atomic E-state index is 11.8. The summed E-state index contributed by atoms with van der Waals surface area (Å²) in [7, 11) is 1.59. The Morgan fingerprint density at radius 2 is 1.53 bits per heavy atom. The molecule has 34 heavy (non-hydrogen) atoms. The van der Waals surface area contributed by atoms with E-state index in [-0.39, 0.29) is 17.3 Å². The predicted octanol–water partition coefficient (Wildman–Crippen LogP) is 6.16. The number of aromatic nitrogens is 2. The van der Waals surface area contributed by atoms with Gasteiger partial charge in [-0.3, -0.25) is 10.1 Å². The molecule has 0 fully saturated rings. The van der Waals surface area contributed by atoms with Gasteiger partial charge in [0.2, 0.25) is 11.6 Å². The van der Waals surface area contributed by atoms with Crippen molar-refractivity contribution in [3.05, 3.63) is 101 Å². The first-order valence-electron chi connectivity index (χ1n) is 10.3. The number of benzene rings is 3. The van der Waals surface area contributed by atoms with E-state index in [4.69, 9.17) is 4.74 Å². The summed E-state index contributed by atoms with van der Waals surface area (Å²) in [4.78, 5) is 19.4. The third kappa shape index (κ3) is 5.68. The van der Waals surface area contributed by atoms with Crippen LogP contribution in [0.5, 0.6) is 5.75 Å². The summed E-state index contributed by atoms with van der Waals surface area (Å²) in [5, 5.41) is 26.2. The highest BCUT2D eigenvalue weighted by atomic mass is 16.6. The molecule has 10 nitrogen and oxygen atoms in total. The number of azo groups is 1. The summed E-state index contributed by atoms with van der Waals surface area (Å²) in [5.74, 6) is 0.929. The molecule has 3 aromatic carbocycles. The highest BCUT2D eigenvalue weighted by molar-refractivity contribution is 5.74. The van der Waals surface area contributed by atoms with E-state index in [1.54, 1.807) is 31.4 Å². The molecule has 4 rings (SSSR count). The van der Waals surface area contributed by atoms with Crippen LogP contribution in [0.15, 0.2) is 95.4 Å². The third-order valence-electron chi connectivity index (χ3n) is 4.79. The van der Waals surface area contributed by atoms with Gasteiger partial charge in [-0.15, -0.1) is 0 Å². The molecule has 0 atom stereocenters. The standard InChI is InChI=1S/C24H21N7O3/c1-34-21-13-7-17(8-14-21)15-25-23-22(31(32)33)24(27-16-26-23)28-18-9-11-20(12-10-18)30-29-19-5-3-2-4-6-19/h2-14,16H,15H2,1H3,(H2,25,26,27,28). The van der Waals surface area contributed by atoms with Gasteiger partial charge < -0.3 is 15.4 Å². The van der Waals surface area contributed by atoms with Crippen LogP contribution in [0.25, 0.3) is 0 Å². The fourth-order valence-electron chi connectivity index (χ4n) is 3.06. The van der Waals surface area contributed by atoms with Crippen LogP contribution in [0, 0.1) is 10.1 Å². The molecule has 0 aliphatic heterocycles. The van der Waals surface area contributed by atoms with Gasteiger partial charge in [0.25, 0.3) is 0 Å². The first-order valence-corrected chi connectivity index (χ1v) is 10.3. The SMILES string of the molecule is COc1ccc(CNc2ncnc(Nc3ccc(N=Nc4ccccc4)cc3)c2[N+](=O)[O-])cc1. The number of methoxy groups -OCH3 is 1. The normalized spacial score (nSPS) is 10.7. The minimum Gasteiger partial charge on any atom is -0.497 e. The Bertz CT molecular complexity index is 1280. The van der Waals surface area contributed by atoms with Crippen LogP contribution < -0.4 is 15.4 Å². The van der Waals surface area contributed by atoms with Crippen molar-refractivity contribution in [2.75, 3.05) is 17.7 Å². The van der Waals surface area contributed by atoms with Crippen molar-refractivity contribution in [1.29, 1.82) is 0 Å². The van der Waals surface area contributed by atoms with Crippen molar-refractivity contribution < 1.29 is 9.66 Å². The number of nitrogens with zero attached hydrogens (tertiary/aromatic N) is 5. The molecule has 0 saturated heterocycles. The zero-order chi connectivity index (χ0) is 23.8. The first kappa shape index (κ1) is 22.3. The van der Waals surface area contributed by atoms with Crippen LogP contribution in [0.1, 0.15) is 5.56 Å². The van der Waals surface area contributed by atoms with Crippen molar-refractivity contribution >= 4 is 34.4 Å². The maximum absolute atomic E-state index is 11.8. The lowest BCUT2D eigenvalue weighted by Crippen LogP contribution is -2.08. The minimum atomic E-state index is -0.513. The number of anilines is 3. The van der Waals surface area contributed by atoms with Gasteiger partial charge in [0.15, 0.2) is 0 Å². The van der Waals surface area contributed by atoms with Gasteiger partial charge in [-0.2, -0.15) is 10.2 Å². The average Bonchev–Trinajstić information content (AvgIpc) is 2.88. The van der Waals surface area contributed by atoms with Crippen molar-refractivity contribution in [3.8, 4) is 5.75 Å². The number of hydrogen-bond donors (Lipinski definition) is 2. The van der Waals surface area contributed by atoms with Crippen LogP contribution in [0.4, 0.5) is 34.4 Å². The van der Waals surface area contributed by atoms with Crippen molar-refractivity contribution in [2.45, 2.75) is 6.54 Å². The predicted molar refractivity (Wildman–Crippen MR) is 129 cm³/mol. The molecule has 10 heteroatoms. The molecule has 0 saturated carbocycles. The second-order valence-electron chi connectivity index (χ2n) is 7.09. The molecule has 1 aromatic heterocycles. The third-order valence-corrected chi connectivity index (χ3v) is 4.79.